The molecule has 0 bridgehead atoms. The molecule has 0 aliphatic rings. The lowest BCUT2D eigenvalue weighted by Crippen LogP contribution is -3.00. The van der Waals surface area contributed by atoms with Gasteiger partial charge in [0.25, 0.3) is 0 Å². The lowest BCUT2D eigenvalue weighted by atomic mass is 10.1. The van der Waals surface area contributed by atoms with Gasteiger partial charge in [-0.3, -0.25) is 0 Å². The maximum Gasteiger partial charge on any atom is 0.416 e. The van der Waals surface area contributed by atoms with Crippen LogP contribution >= 0.6 is 0 Å². The van der Waals surface area contributed by atoms with Crippen LogP contribution in [-0.4, -0.2) is 25.1 Å². The molecule has 0 N–H and O–H groups in total. The highest BCUT2D eigenvalue weighted by Gasteiger charge is 2.30. The van der Waals surface area contributed by atoms with Gasteiger partial charge in [-0.2, -0.15) is 13.2 Å². The predicted molar refractivity (Wildman–Crippen MR) is 113 cm³/mol. The molecule has 0 aliphatic heterocycles. The van der Waals surface area contributed by atoms with Gasteiger partial charge in [0, 0.05) is 12.0 Å². The van der Waals surface area contributed by atoms with Crippen LogP contribution in [0.2, 0.25) is 0 Å². The third-order valence-corrected chi connectivity index (χ3v) is 5.08. The molecule has 0 radical (unpaired) electrons. The summed E-state index contributed by atoms with van der Waals surface area (Å²) in [5.41, 5.74) is 1.60. The number of hydrogen-bond donors (Lipinski definition) is 0. The standard InChI is InChI=1S/C25H27F3NO.ClH/c1-29(2,19-20-9-5-3-6-10-20)18-17-24(21-11-7-4-8-12-21)30-23-15-13-22(14-16-23)25(26,27)28;/h3-16,24H,17-19H2,1-2H3;1H/q+1;/p-1. The normalized spacial score (nSPS) is 12.7. The molecule has 0 amide bonds. The Balaban J connectivity index is 0.00000341. The Morgan fingerprint density at radius 2 is 1.35 bits per heavy atom. The van der Waals surface area contributed by atoms with Crippen LogP contribution in [-0.2, 0) is 12.7 Å². The second-order valence-corrected chi connectivity index (χ2v) is 8.13. The Morgan fingerprint density at radius 1 is 0.806 bits per heavy atom. The second-order valence-electron chi connectivity index (χ2n) is 8.13. The summed E-state index contributed by atoms with van der Waals surface area (Å²) >= 11 is 0. The molecule has 31 heavy (non-hydrogen) atoms. The number of quaternary nitrogens is 1. The highest BCUT2D eigenvalue weighted by Crippen LogP contribution is 2.32. The number of hydrogen-bond acceptors (Lipinski definition) is 1. The van der Waals surface area contributed by atoms with Crippen LogP contribution in [0, 0.1) is 0 Å². The Morgan fingerprint density at radius 3 is 1.90 bits per heavy atom. The smallest absolute Gasteiger partial charge is 0.416 e. The van der Waals surface area contributed by atoms with Gasteiger partial charge in [-0.25, -0.2) is 0 Å². The summed E-state index contributed by atoms with van der Waals surface area (Å²) in [6.45, 7) is 1.75. The van der Waals surface area contributed by atoms with E-state index >= 15 is 0 Å². The van der Waals surface area contributed by atoms with Crippen molar-refractivity contribution in [1.82, 2.24) is 0 Å². The molecule has 3 aromatic carbocycles. The second kappa shape index (κ2) is 10.7. The third-order valence-electron chi connectivity index (χ3n) is 5.08. The minimum absolute atomic E-state index is 0. The van der Waals surface area contributed by atoms with Crippen LogP contribution in [0.4, 0.5) is 13.2 Å². The fraction of sp³-hybridized carbons (Fsp3) is 0.280. The Hall–Kier alpha value is -2.50. The highest BCUT2D eigenvalue weighted by atomic mass is 35.5. The van der Waals surface area contributed by atoms with E-state index < -0.39 is 11.7 Å². The Kier molecular flexibility index (Phi) is 8.54. The molecule has 1 atom stereocenters. The van der Waals surface area contributed by atoms with Crippen molar-refractivity contribution >= 4 is 0 Å². The maximum atomic E-state index is 12.8. The molecule has 0 aliphatic carbocycles. The number of rotatable bonds is 8. The molecule has 1 unspecified atom stereocenters. The molecule has 0 aromatic heterocycles. The minimum Gasteiger partial charge on any atom is -1.00 e. The molecule has 3 rings (SSSR count). The lowest BCUT2D eigenvalue weighted by Gasteiger charge is -2.32. The van der Waals surface area contributed by atoms with E-state index in [1.807, 2.05) is 48.5 Å². The van der Waals surface area contributed by atoms with Crippen LogP contribution < -0.4 is 17.1 Å². The van der Waals surface area contributed by atoms with Crippen molar-refractivity contribution in [3.05, 3.63) is 102 Å². The maximum absolute atomic E-state index is 12.8. The number of ether oxygens (including phenoxy) is 1. The number of halogens is 4. The third kappa shape index (κ3) is 7.60. The van der Waals surface area contributed by atoms with Crippen molar-refractivity contribution in [2.45, 2.75) is 25.2 Å². The average Bonchev–Trinajstić information content (AvgIpc) is 2.72. The predicted octanol–water partition coefficient (Wildman–Crippen LogP) is 3.50. The summed E-state index contributed by atoms with van der Waals surface area (Å²) in [7, 11) is 4.35. The van der Waals surface area contributed by atoms with E-state index in [2.05, 4.69) is 26.2 Å². The van der Waals surface area contributed by atoms with Crippen molar-refractivity contribution in [3.63, 3.8) is 0 Å². The molecule has 0 heterocycles. The Bertz CT molecular complexity index is 913. The first kappa shape index (κ1) is 24.8. The minimum atomic E-state index is -4.35. The van der Waals surface area contributed by atoms with E-state index in [0.717, 1.165) is 41.7 Å². The van der Waals surface area contributed by atoms with Gasteiger partial charge in [-0.1, -0.05) is 60.7 Å². The van der Waals surface area contributed by atoms with Crippen molar-refractivity contribution in [2.24, 2.45) is 0 Å². The molecule has 0 fully saturated rings. The Labute approximate surface area is 188 Å². The molecular weight excluding hydrogens is 423 g/mol. The topological polar surface area (TPSA) is 9.23 Å². The van der Waals surface area contributed by atoms with E-state index in [4.69, 9.17) is 4.74 Å². The fourth-order valence-corrected chi connectivity index (χ4v) is 3.47. The number of benzene rings is 3. The molecule has 3 aromatic rings. The van der Waals surface area contributed by atoms with Gasteiger partial charge in [0.2, 0.25) is 0 Å². The fourth-order valence-electron chi connectivity index (χ4n) is 3.47. The molecule has 2 nitrogen and oxygen atoms in total. The van der Waals surface area contributed by atoms with Gasteiger partial charge in [-0.15, -0.1) is 0 Å². The summed E-state index contributed by atoms with van der Waals surface area (Å²) in [6.07, 6.45) is -3.85. The van der Waals surface area contributed by atoms with Crippen LogP contribution in [0.25, 0.3) is 0 Å². The average molecular weight is 450 g/mol. The molecular formula is C25H27ClF3NO. The summed E-state index contributed by atoms with van der Waals surface area (Å²) in [6, 6.07) is 25.0. The quantitative estimate of drug-likeness (QED) is 0.478. The van der Waals surface area contributed by atoms with Gasteiger partial charge < -0.3 is 21.6 Å². The largest absolute Gasteiger partial charge is 1.00 e. The van der Waals surface area contributed by atoms with Gasteiger partial charge in [-0.05, 0) is 29.8 Å². The molecule has 0 saturated carbocycles. The van der Waals surface area contributed by atoms with Crippen LogP contribution in [0.3, 0.4) is 0 Å². The summed E-state index contributed by atoms with van der Waals surface area (Å²) in [5, 5.41) is 0. The van der Waals surface area contributed by atoms with Crippen molar-refractivity contribution < 1.29 is 34.8 Å². The van der Waals surface area contributed by atoms with Gasteiger partial charge in [0.1, 0.15) is 18.4 Å². The summed E-state index contributed by atoms with van der Waals surface area (Å²) in [4.78, 5) is 0. The van der Waals surface area contributed by atoms with Crippen molar-refractivity contribution in [1.29, 1.82) is 0 Å². The first-order valence-electron chi connectivity index (χ1n) is 9.98. The molecule has 6 heteroatoms. The zero-order chi connectivity index (χ0) is 21.6. The van der Waals surface area contributed by atoms with Crippen molar-refractivity contribution in [2.75, 3.05) is 20.6 Å². The molecule has 0 spiro atoms. The van der Waals surface area contributed by atoms with E-state index in [0.29, 0.717) is 5.75 Å². The van der Waals surface area contributed by atoms with E-state index in [-0.39, 0.29) is 18.5 Å². The molecule has 0 saturated heterocycles. The van der Waals surface area contributed by atoms with Gasteiger partial charge in [0.05, 0.1) is 26.2 Å². The zero-order valence-electron chi connectivity index (χ0n) is 17.6. The number of nitrogens with zero attached hydrogens (tertiary/aromatic N) is 1. The van der Waals surface area contributed by atoms with Crippen molar-refractivity contribution in [3.8, 4) is 5.75 Å². The highest BCUT2D eigenvalue weighted by molar-refractivity contribution is 5.30. The first-order chi connectivity index (χ1) is 14.2. The summed E-state index contributed by atoms with van der Waals surface area (Å²) < 4.78 is 45.4. The lowest BCUT2D eigenvalue weighted by molar-refractivity contribution is -0.904. The van der Waals surface area contributed by atoms with Crippen LogP contribution in [0.5, 0.6) is 5.75 Å². The zero-order valence-corrected chi connectivity index (χ0v) is 18.4. The van der Waals surface area contributed by atoms with Crippen LogP contribution in [0.15, 0.2) is 84.9 Å². The van der Waals surface area contributed by atoms with Gasteiger partial charge in [0.15, 0.2) is 0 Å². The SMILES string of the molecule is C[N+](C)(CCC(Oc1ccc(C(F)(F)F)cc1)c1ccccc1)Cc1ccccc1.[Cl-]. The van der Waals surface area contributed by atoms with E-state index in [9.17, 15) is 13.2 Å². The van der Waals surface area contributed by atoms with Gasteiger partial charge >= 0.3 is 6.18 Å². The van der Waals surface area contributed by atoms with Crippen LogP contribution in [0.1, 0.15) is 29.2 Å². The summed E-state index contributed by atoms with van der Waals surface area (Å²) in [5.74, 6) is 0.435. The first-order valence-corrected chi connectivity index (χ1v) is 9.98. The van der Waals surface area contributed by atoms with E-state index in [1.165, 1.54) is 17.7 Å². The monoisotopic (exact) mass is 449 g/mol. The molecule has 166 valence electrons. The van der Waals surface area contributed by atoms with E-state index in [1.54, 1.807) is 0 Å². The number of alkyl halides is 3.